The van der Waals surface area contributed by atoms with Crippen LogP contribution >= 0.6 is 0 Å². The number of ether oxygens (including phenoxy) is 4. The summed E-state index contributed by atoms with van der Waals surface area (Å²) >= 11 is 0. The van der Waals surface area contributed by atoms with E-state index in [0.29, 0.717) is 43.1 Å². The van der Waals surface area contributed by atoms with Gasteiger partial charge in [-0.3, -0.25) is 4.79 Å². The monoisotopic (exact) mass is 702 g/mol. The Morgan fingerprint density at radius 1 is 1.02 bits per heavy atom. The zero-order chi connectivity index (χ0) is 36.4. The molecule has 3 aliphatic rings. The van der Waals surface area contributed by atoms with Crippen molar-refractivity contribution in [2.75, 3.05) is 47.7 Å². The van der Waals surface area contributed by atoms with Gasteiger partial charge in [0.2, 0.25) is 11.7 Å². The fraction of sp³-hybridized carbons (Fsp3) is 0.512. The second-order valence-electron chi connectivity index (χ2n) is 13.6. The van der Waals surface area contributed by atoms with Gasteiger partial charge in [-0.1, -0.05) is 54.9 Å². The minimum absolute atomic E-state index is 0.102. The van der Waals surface area contributed by atoms with E-state index in [1.807, 2.05) is 43.4 Å². The third kappa shape index (κ3) is 8.19. The van der Waals surface area contributed by atoms with Crippen LogP contribution in [0.15, 0.2) is 84.6 Å². The van der Waals surface area contributed by atoms with Crippen LogP contribution in [0, 0.1) is 17.8 Å². The molecule has 1 aliphatic heterocycles. The summed E-state index contributed by atoms with van der Waals surface area (Å²) in [5.41, 5.74) is 3.59. The average Bonchev–Trinajstić information content (AvgIpc) is 3.14. The van der Waals surface area contributed by atoms with Crippen LogP contribution in [-0.4, -0.2) is 86.3 Å². The van der Waals surface area contributed by atoms with Gasteiger partial charge in [0.05, 0.1) is 31.8 Å². The minimum atomic E-state index is -1.29. The van der Waals surface area contributed by atoms with Gasteiger partial charge in [-0.15, -0.1) is 6.58 Å². The van der Waals surface area contributed by atoms with E-state index in [1.54, 1.807) is 31.3 Å². The summed E-state index contributed by atoms with van der Waals surface area (Å²) in [6.45, 7) is 8.62. The summed E-state index contributed by atoms with van der Waals surface area (Å²) < 4.78 is 25.5. The lowest BCUT2D eigenvalue weighted by Crippen LogP contribution is -2.69. The van der Waals surface area contributed by atoms with E-state index in [4.69, 9.17) is 23.8 Å². The molecule has 1 heterocycles. The maximum atomic E-state index is 14.2. The van der Waals surface area contributed by atoms with Crippen LogP contribution in [0.1, 0.15) is 62.0 Å². The molecule has 2 aliphatic carbocycles. The molecule has 0 spiro atoms. The highest BCUT2D eigenvalue weighted by Gasteiger charge is 2.65. The lowest BCUT2D eigenvalue weighted by Gasteiger charge is -2.59. The van der Waals surface area contributed by atoms with E-state index in [1.165, 1.54) is 0 Å². The van der Waals surface area contributed by atoms with Gasteiger partial charge in [0.1, 0.15) is 37.0 Å². The van der Waals surface area contributed by atoms with Crippen LogP contribution in [-0.2, 0) is 20.8 Å². The van der Waals surface area contributed by atoms with E-state index in [9.17, 15) is 15.0 Å². The number of fused-ring (bicyclic) bond motifs is 2. The maximum Gasteiger partial charge on any atom is 0.239 e. The Balaban J connectivity index is 1.70. The minimum Gasteiger partial charge on any atom is -0.497 e. The van der Waals surface area contributed by atoms with Gasteiger partial charge in [0, 0.05) is 38.2 Å². The summed E-state index contributed by atoms with van der Waals surface area (Å²) in [5.74, 6) is 0.482. The van der Waals surface area contributed by atoms with Crippen LogP contribution in [0.4, 0.5) is 0 Å². The third-order valence-corrected chi connectivity index (χ3v) is 10.6. The number of rotatable bonds is 19. The van der Waals surface area contributed by atoms with Crippen LogP contribution in [0.25, 0.3) is 0 Å². The molecule has 0 aromatic heterocycles. The van der Waals surface area contributed by atoms with Crippen molar-refractivity contribution in [2.45, 2.75) is 69.1 Å². The SMILES string of the molecule is C=CCOc1ccc2c(c1)[C@H]1[C@H](CCCCO)[C@@H](CCCCO)C=C3C(=NOC)C[C@H](N(C)C(=O)Cc4cccc(OC)c4)[C@@](OCC=C)(O2)[C@H]31. The second kappa shape index (κ2) is 17.9. The Hall–Kier alpha value is -4.12. The zero-order valence-corrected chi connectivity index (χ0v) is 30.3. The summed E-state index contributed by atoms with van der Waals surface area (Å²) in [5, 5.41) is 24.1. The largest absolute Gasteiger partial charge is 0.497 e. The van der Waals surface area contributed by atoms with Crippen LogP contribution in [0.2, 0.25) is 0 Å². The molecule has 5 rings (SSSR count). The molecule has 1 amide bonds. The summed E-state index contributed by atoms with van der Waals surface area (Å²) in [7, 11) is 4.97. The number of carbonyl (C=O) groups is 1. The number of hydrogen-bond acceptors (Lipinski definition) is 9. The molecule has 2 aromatic rings. The van der Waals surface area contributed by atoms with E-state index >= 15 is 0 Å². The Bertz CT molecular complexity index is 1570. The molecule has 51 heavy (non-hydrogen) atoms. The van der Waals surface area contributed by atoms with Crippen molar-refractivity contribution in [3.63, 3.8) is 0 Å². The summed E-state index contributed by atoms with van der Waals surface area (Å²) in [4.78, 5) is 21.5. The van der Waals surface area contributed by atoms with Crippen molar-refractivity contribution in [3.05, 3.63) is 90.6 Å². The molecule has 1 fully saturated rings. The standard InChI is InChI=1S/C41H54N2O8/c1-6-21-49-31-17-18-36-34(26-31)39-32(16-9-11-20-45)29(14-8-10-19-44)25-33-35(42-48-5)27-37(41(51-36,40(33)39)50-22-7-2)43(3)38(46)24-28-13-12-15-30(23-28)47-4/h6-7,12-13,15,17-18,23,25-26,29,32,37,39-40,44-45H,1-2,8-11,14,16,19-22,24,27H2,3-5H3/t29-,32+,37-,39+,40+,41+/m0/s1. The van der Waals surface area contributed by atoms with Gasteiger partial charge in [-0.2, -0.15) is 0 Å². The molecule has 276 valence electrons. The predicted molar refractivity (Wildman–Crippen MR) is 197 cm³/mol. The van der Waals surface area contributed by atoms with Gasteiger partial charge >= 0.3 is 0 Å². The van der Waals surface area contributed by atoms with Crippen molar-refractivity contribution in [3.8, 4) is 17.2 Å². The van der Waals surface area contributed by atoms with E-state index in [2.05, 4.69) is 30.5 Å². The molecule has 2 aromatic carbocycles. The smallest absolute Gasteiger partial charge is 0.239 e. The lowest BCUT2D eigenvalue weighted by atomic mass is 9.55. The zero-order valence-electron chi connectivity index (χ0n) is 30.3. The first-order valence-corrected chi connectivity index (χ1v) is 18.1. The summed E-state index contributed by atoms with van der Waals surface area (Å²) in [6.07, 6.45) is 11.1. The van der Waals surface area contributed by atoms with E-state index < -0.39 is 11.8 Å². The Morgan fingerprint density at radius 2 is 1.78 bits per heavy atom. The molecule has 10 heteroatoms. The normalized spacial score (nSPS) is 25.5. The fourth-order valence-corrected chi connectivity index (χ4v) is 8.34. The molecule has 0 unspecified atom stereocenters. The van der Waals surface area contributed by atoms with Gasteiger partial charge < -0.3 is 38.9 Å². The number of hydrogen-bond donors (Lipinski definition) is 2. The Kier molecular flexibility index (Phi) is 13.4. The fourth-order valence-electron chi connectivity index (χ4n) is 8.34. The highest BCUT2D eigenvalue weighted by molar-refractivity contribution is 6.03. The van der Waals surface area contributed by atoms with Crippen LogP contribution in [0.5, 0.6) is 17.2 Å². The topological polar surface area (TPSA) is 119 Å². The predicted octanol–water partition coefficient (Wildman–Crippen LogP) is 6.22. The number of carbonyl (C=O) groups excluding carboxylic acids is 1. The molecule has 6 atom stereocenters. The number of nitrogens with zero attached hydrogens (tertiary/aromatic N) is 2. The first-order valence-electron chi connectivity index (χ1n) is 18.1. The van der Waals surface area contributed by atoms with Crippen molar-refractivity contribution < 1.29 is 38.8 Å². The van der Waals surface area contributed by atoms with Gasteiger partial charge in [-0.05, 0) is 79.0 Å². The number of amides is 1. The van der Waals surface area contributed by atoms with Crippen molar-refractivity contribution in [2.24, 2.45) is 22.9 Å². The molecule has 1 saturated carbocycles. The number of oxime groups is 1. The highest BCUT2D eigenvalue weighted by atomic mass is 16.7. The molecule has 0 saturated heterocycles. The highest BCUT2D eigenvalue weighted by Crippen LogP contribution is 2.61. The molecule has 10 nitrogen and oxygen atoms in total. The summed E-state index contributed by atoms with van der Waals surface area (Å²) in [6, 6.07) is 12.9. The maximum absolute atomic E-state index is 14.2. The number of likely N-dealkylation sites (N-methyl/N-ethyl adjacent to an activating group) is 1. The lowest BCUT2D eigenvalue weighted by molar-refractivity contribution is -0.255. The number of allylic oxidation sites excluding steroid dienone is 1. The van der Waals surface area contributed by atoms with Crippen LogP contribution < -0.4 is 14.2 Å². The second-order valence-corrected chi connectivity index (χ2v) is 13.6. The first-order chi connectivity index (χ1) is 24.8. The van der Waals surface area contributed by atoms with Crippen molar-refractivity contribution in [1.29, 1.82) is 0 Å². The van der Waals surface area contributed by atoms with Gasteiger partial charge in [0.25, 0.3) is 0 Å². The van der Waals surface area contributed by atoms with Crippen molar-refractivity contribution >= 4 is 11.6 Å². The van der Waals surface area contributed by atoms with Crippen LogP contribution in [0.3, 0.4) is 0 Å². The molecule has 0 radical (unpaired) electrons. The van der Waals surface area contributed by atoms with Gasteiger partial charge in [-0.25, -0.2) is 0 Å². The molecular weight excluding hydrogens is 648 g/mol. The van der Waals surface area contributed by atoms with Crippen molar-refractivity contribution in [1.82, 2.24) is 4.90 Å². The number of unbranched alkanes of at least 4 members (excludes halogenated alkanes) is 2. The Morgan fingerprint density at radius 3 is 2.49 bits per heavy atom. The van der Waals surface area contributed by atoms with E-state index in [0.717, 1.165) is 48.1 Å². The van der Waals surface area contributed by atoms with Gasteiger partial charge in [0.15, 0.2) is 0 Å². The third-order valence-electron chi connectivity index (χ3n) is 10.6. The van der Waals surface area contributed by atoms with E-state index in [-0.39, 0.29) is 55.8 Å². The number of aliphatic hydroxyl groups excluding tert-OH is 2. The molecule has 2 N–H and O–H groups in total. The average molecular weight is 703 g/mol. The first kappa shape index (κ1) is 38.1. The molecular formula is C41H54N2O8. The Labute approximate surface area is 302 Å². The molecule has 0 bridgehead atoms. The number of methoxy groups -OCH3 is 1. The number of aliphatic hydroxyl groups is 2. The quantitative estimate of drug-likeness (QED) is 0.101. The number of benzene rings is 2.